The molecule has 116 valence electrons. The Morgan fingerprint density at radius 2 is 1.85 bits per heavy atom. The Hall–Kier alpha value is -1.14. The molecule has 1 saturated carbocycles. The monoisotopic (exact) mass is 287 g/mol. The predicted octanol–water partition coefficient (Wildman–Crippen LogP) is 0.887. The zero-order valence-electron chi connectivity index (χ0n) is 12.4. The molecule has 0 aromatic carbocycles. The molecule has 1 rings (SSSR count). The van der Waals surface area contributed by atoms with E-state index in [2.05, 4.69) is 5.32 Å². The summed E-state index contributed by atoms with van der Waals surface area (Å²) in [5, 5.41) is 2.74. The maximum atomic E-state index is 11.8. The number of ether oxygens (including phenoxy) is 3. The molecule has 1 aliphatic carbocycles. The SMILES string of the molecule is COCCOCC(=O)N[C@H](C(=O)OC)C1CCCCC1. The predicted molar refractivity (Wildman–Crippen MR) is 73.2 cm³/mol. The zero-order valence-corrected chi connectivity index (χ0v) is 12.4. The average Bonchev–Trinajstić information content (AvgIpc) is 2.49. The van der Waals surface area contributed by atoms with Crippen LogP contribution >= 0.6 is 0 Å². The smallest absolute Gasteiger partial charge is 0.328 e. The van der Waals surface area contributed by atoms with Crippen LogP contribution in [0.4, 0.5) is 0 Å². The molecular formula is C14H25NO5. The van der Waals surface area contributed by atoms with E-state index in [4.69, 9.17) is 14.2 Å². The first kappa shape index (κ1) is 16.9. The molecule has 0 saturated heterocycles. The van der Waals surface area contributed by atoms with Crippen molar-refractivity contribution in [2.75, 3.05) is 34.0 Å². The summed E-state index contributed by atoms with van der Waals surface area (Å²) in [5.41, 5.74) is 0. The molecule has 6 heteroatoms. The van der Waals surface area contributed by atoms with E-state index in [0.29, 0.717) is 13.2 Å². The molecule has 1 atom stereocenters. The van der Waals surface area contributed by atoms with Crippen molar-refractivity contribution in [2.24, 2.45) is 5.92 Å². The van der Waals surface area contributed by atoms with Gasteiger partial charge in [0.25, 0.3) is 0 Å². The Labute approximate surface area is 120 Å². The number of amides is 1. The van der Waals surface area contributed by atoms with Crippen molar-refractivity contribution in [3.05, 3.63) is 0 Å². The molecule has 0 unspecified atom stereocenters. The highest BCUT2D eigenvalue weighted by Gasteiger charge is 2.31. The molecule has 6 nitrogen and oxygen atoms in total. The third kappa shape index (κ3) is 5.88. The lowest BCUT2D eigenvalue weighted by atomic mass is 9.84. The minimum atomic E-state index is -0.557. The van der Waals surface area contributed by atoms with Crippen LogP contribution in [0.15, 0.2) is 0 Å². The van der Waals surface area contributed by atoms with Crippen LogP contribution in [0.2, 0.25) is 0 Å². The molecule has 0 spiro atoms. The maximum absolute atomic E-state index is 11.8. The lowest BCUT2D eigenvalue weighted by Gasteiger charge is -2.28. The molecule has 0 aliphatic heterocycles. The van der Waals surface area contributed by atoms with Crippen molar-refractivity contribution in [3.8, 4) is 0 Å². The Kier molecular flexibility index (Phi) is 8.22. The summed E-state index contributed by atoms with van der Waals surface area (Å²) in [6.07, 6.45) is 5.28. The van der Waals surface area contributed by atoms with E-state index < -0.39 is 6.04 Å². The number of rotatable bonds is 8. The van der Waals surface area contributed by atoms with Gasteiger partial charge < -0.3 is 19.5 Å². The normalized spacial score (nSPS) is 17.5. The van der Waals surface area contributed by atoms with Gasteiger partial charge in [0.1, 0.15) is 12.6 Å². The maximum Gasteiger partial charge on any atom is 0.328 e. The van der Waals surface area contributed by atoms with Crippen LogP contribution in [0.25, 0.3) is 0 Å². The summed E-state index contributed by atoms with van der Waals surface area (Å²) in [4.78, 5) is 23.6. The number of methoxy groups -OCH3 is 2. The Balaban J connectivity index is 2.43. The molecule has 20 heavy (non-hydrogen) atoms. The first-order chi connectivity index (χ1) is 9.69. The highest BCUT2D eigenvalue weighted by molar-refractivity contribution is 5.85. The van der Waals surface area contributed by atoms with Crippen molar-refractivity contribution in [1.82, 2.24) is 5.32 Å². The van der Waals surface area contributed by atoms with Crippen LogP contribution in [-0.4, -0.2) is 52.0 Å². The topological polar surface area (TPSA) is 73.9 Å². The van der Waals surface area contributed by atoms with E-state index in [9.17, 15) is 9.59 Å². The number of hydrogen-bond acceptors (Lipinski definition) is 5. The van der Waals surface area contributed by atoms with Gasteiger partial charge in [-0.2, -0.15) is 0 Å². The van der Waals surface area contributed by atoms with E-state index in [1.54, 1.807) is 7.11 Å². The second-order valence-electron chi connectivity index (χ2n) is 5.01. The van der Waals surface area contributed by atoms with E-state index in [-0.39, 0.29) is 24.4 Å². The molecule has 0 bridgehead atoms. The molecule has 0 aromatic heterocycles. The van der Waals surface area contributed by atoms with Crippen LogP contribution in [0, 0.1) is 5.92 Å². The highest BCUT2D eigenvalue weighted by Crippen LogP contribution is 2.27. The Morgan fingerprint density at radius 3 is 2.45 bits per heavy atom. The first-order valence-electron chi connectivity index (χ1n) is 7.13. The highest BCUT2D eigenvalue weighted by atomic mass is 16.5. The van der Waals surface area contributed by atoms with Crippen LogP contribution in [0.1, 0.15) is 32.1 Å². The van der Waals surface area contributed by atoms with Gasteiger partial charge in [-0.05, 0) is 18.8 Å². The molecule has 1 amide bonds. The van der Waals surface area contributed by atoms with Crippen LogP contribution in [0.5, 0.6) is 0 Å². The number of esters is 1. The van der Waals surface area contributed by atoms with Gasteiger partial charge >= 0.3 is 5.97 Å². The molecule has 1 fully saturated rings. The fraction of sp³-hybridized carbons (Fsp3) is 0.857. The van der Waals surface area contributed by atoms with Crippen molar-refractivity contribution >= 4 is 11.9 Å². The molecular weight excluding hydrogens is 262 g/mol. The number of hydrogen-bond donors (Lipinski definition) is 1. The summed E-state index contributed by atoms with van der Waals surface area (Å²) in [7, 11) is 2.92. The minimum Gasteiger partial charge on any atom is -0.467 e. The van der Waals surface area contributed by atoms with Crippen molar-refractivity contribution in [3.63, 3.8) is 0 Å². The summed E-state index contributed by atoms with van der Waals surface area (Å²) >= 11 is 0. The van der Waals surface area contributed by atoms with Gasteiger partial charge in [-0.3, -0.25) is 4.79 Å². The fourth-order valence-electron chi connectivity index (χ4n) is 2.49. The van der Waals surface area contributed by atoms with Gasteiger partial charge in [-0.25, -0.2) is 4.79 Å². The third-order valence-electron chi connectivity index (χ3n) is 3.56. The Morgan fingerprint density at radius 1 is 1.15 bits per heavy atom. The van der Waals surface area contributed by atoms with Crippen LogP contribution in [0.3, 0.4) is 0 Å². The minimum absolute atomic E-state index is 0.0659. The summed E-state index contributed by atoms with van der Waals surface area (Å²) in [5.74, 6) is -0.497. The number of carbonyl (C=O) groups is 2. The second kappa shape index (κ2) is 9.72. The van der Waals surface area contributed by atoms with Gasteiger partial charge in [-0.15, -0.1) is 0 Å². The van der Waals surface area contributed by atoms with Crippen molar-refractivity contribution in [1.29, 1.82) is 0 Å². The van der Waals surface area contributed by atoms with Crippen LogP contribution in [-0.2, 0) is 23.8 Å². The summed E-state index contributed by atoms with van der Waals surface area (Å²) in [6.45, 7) is 0.732. The van der Waals surface area contributed by atoms with Gasteiger partial charge in [0.15, 0.2) is 0 Å². The summed E-state index contributed by atoms with van der Waals surface area (Å²) in [6, 6.07) is -0.557. The first-order valence-corrected chi connectivity index (χ1v) is 7.13. The molecule has 0 heterocycles. The summed E-state index contributed by atoms with van der Waals surface area (Å²) < 4.78 is 14.8. The van der Waals surface area contributed by atoms with E-state index >= 15 is 0 Å². The van der Waals surface area contributed by atoms with E-state index in [0.717, 1.165) is 25.7 Å². The molecule has 1 aliphatic rings. The second-order valence-corrected chi connectivity index (χ2v) is 5.01. The van der Waals surface area contributed by atoms with Crippen molar-refractivity contribution in [2.45, 2.75) is 38.1 Å². The van der Waals surface area contributed by atoms with Crippen molar-refractivity contribution < 1.29 is 23.8 Å². The van der Waals surface area contributed by atoms with Crippen LogP contribution < -0.4 is 5.32 Å². The Bertz CT molecular complexity index is 302. The lowest BCUT2D eigenvalue weighted by molar-refractivity contribution is -0.147. The third-order valence-corrected chi connectivity index (χ3v) is 3.56. The number of nitrogens with one attached hydrogen (secondary N) is 1. The zero-order chi connectivity index (χ0) is 14.8. The largest absolute Gasteiger partial charge is 0.467 e. The molecule has 1 N–H and O–H groups in total. The molecule has 0 radical (unpaired) electrons. The van der Waals surface area contributed by atoms with Gasteiger partial charge in [-0.1, -0.05) is 19.3 Å². The fourth-order valence-corrected chi connectivity index (χ4v) is 2.49. The quantitative estimate of drug-likeness (QED) is 0.530. The lowest BCUT2D eigenvalue weighted by Crippen LogP contribution is -2.48. The number of carbonyl (C=O) groups excluding carboxylic acids is 2. The van der Waals surface area contributed by atoms with Gasteiger partial charge in [0.2, 0.25) is 5.91 Å². The molecule has 0 aromatic rings. The standard InChI is InChI=1S/C14H25NO5/c1-18-8-9-20-10-12(16)15-13(14(17)19-2)11-6-4-3-5-7-11/h11,13H,3-10H2,1-2H3,(H,15,16)/t13-/m0/s1. The van der Waals surface area contributed by atoms with Gasteiger partial charge in [0.05, 0.1) is 20.3 Å². The average molecular weight is 287 g/mol. The van der Waals surface area contributed by atoms with Gasteiger partial charge in [0, 0.05) is 7.11 Å². The van der Waals surface area contributed by atoms with E-state index in [1.165, 1.54) is 13.5 Å². The van der Waals surface area contributed by atoms with E-state index in [1.807, 2.05) is 0 Å².